The molecule has 34 heavy (non-hydrogen) atoms. The molecule has 0 amide bonds. The number of benzene rings is 1. The molecule has 0 spiro atoms. The third-order valence-corrected chi connectivity index (χ3v) is 8.27. The molecule has 1 aromatic carbocycles. The Labute approximate surface area is 207 Å². The highest BCUT2D eigenvalue weighted by Crippen LogP contribution is 2.37. The van der Waals surface area contributed by atoms with E-state index in [0.717, 1.165) is 54.3 Å². The number of piperidine rings is 1. The topological polar surface area (TPSA) is 43.2 Å². The molecule has 5 heteroatoms. The van der Waals surface area contributed by atoms with E-state index in [1.54, 1.807) is 0 Å². The first-order valence-electron chi connectivity index (χ1n) is 13.3. The van der Waals surface area contributed by atoms with Gasteiger partial charge in [-0.15, -0.1) is 0 Å². The van der Waals surface area contributed by atoms with Crippen molar-refractivity contribution in [3.63, 3.8) is 0 Å². The van der Waals surface area contributed by atoms with Crippen LogP contribution < -0.4 is 5.32 Å². The lowest BCUT2D eigenvalue weighted by molar-refractivity contribution is 0.00872. The minimum absolute atomic E-state index is 0.0597. The fourth-order valence-corrected chi connectivity index (χ4v) is 6.09. The van der Waals surface area contributed by atoms with Crippen LogP contribution in [0.15, 0.2) is 40.3 Å². The average molecular weight is 464 g/mol. The van der Waals surface area contributed by atoms with Gasteiger partial charge in [0.25, 0.3) is 0 Å². The number of amidine groups is 1. The van der Waals surface area contributed by atoms with Gasteiger partial charge in [0.05, 0.1) is 6.04 Å². The van der Waals surface area contributed by atoms with E-state index < -0.39 is 0 Å². The van der Waals surface area contributed by atoms with E-state index >= 15 is 0 Å². The van der Waals surface area contributed by atoms with Gasteiger partial charge >= 0.3 is 0 Å². The summed E-state index contributed by atoms with van der Waals surface area (Å²) in [5.74, 6) is 4.29. The first-order chi connectivity index (χ1) is 16.2. The van der Waals surface area contributed by atoms with Gasteiger partial charge in [0.2, 0.25) is 0 Å². The van der Waals surface area contributed by atoms with Crippen molar-refractivity contribution in [2.24, 2.45) is 27.7 Å². The summed E-state index contributed by atoms with van der Waals surface area (Å²) in [5.41, 5.74) is 4.76. The summed E-state index contributed by atoms with van der Waals surface area (Å²) in [7, 11) is 1.87. The number of rotatable bonds is 5. The summed E-state index contributed by atoms with van der Waals surface area (Å²) >= 11 is 0. The molecule has 0 unspecified atom stereocenters. The number of guanidine groups is 1. The molecule has 1 saturated carbocycles. The summed E-state index contributed by atoms with van der Waals surface area (Å²) < 4.78 is 0. The molecule has 4 rings (SSSR count). The van der Waals surface area contributed by atoms with Crippen LogP contribution in [0.3, 0.4) is 0 Å². The van der Waals surface area contributed by atoms with Crippen LogP contribution in [0.25, 0.3) is 0 Å². The van der Waals surface area contributed by atoms with Gasteiger partial charge in [0.1, 0.15) is 5.84 Å². The number of hydrogen-bond donors (Lipinski definition) is 1. The molecular formula is C29H45N5. The van der Waals surface area contributed by atoms with Crippen LogP contribution in [0, 0.1) is 31.6 Å². The van der Waals surface area contributed by atoms with E-state index in [0.29, 0.717) is 0 Å². The van der Waals surface area contributed by atoms with Gasteiger partial charge in [-0.2, -0.15) is 0 Å². The highest BCUT2D eigenvalue weighted by molar-refractivity contribution is 6.08. The van der Waals surface area contributed by atoms with E-state index in [1.807, 2.05) is 14.0 Å². The molecule has 1 aliphatic carbocycles. The summed E-state index contributed by atoms with van der Waals surface area (Å²) in [6.07, 6.45) is 5.56. The van der Waals surface area contributed by atoms with Crippen LogP contribution in [0.4, 0.5) is 0 Å². The number of nitrogens with zero attached hydrogens (tertiary/aromatic N) is 4. The van der Waals surface area contributed by atoms with Gasteiger partial charge in [-0.05, 0) is 94.4 Å². The van der Waals surface area contributed by atoms with E-state index in [9.17, 15) is 0 Å². The number of aryl methyl sites for hydroxylation is 2. The Morgan fingerprint density at radius 1 is 1.15 bits per heavy atom. The van der Waals surface area contributed by atoms with E-state index in [-0.39, 0.29) is 6.04 Å². The van der Waals surface area contributed by atoms with Gasteiger partial charge in [0.15, 0.2) is 5.96 Å². The van der Waals surface area contributed by atoms with Crippen molar-refractivity contribution in [1.29, 1.82) is 0 Å². The van der Waals surface area contributed by atoms with Gasteiger partial charge in [-0.1, -0.05) is 37.3 Å². The smallest absolute Gasteiger partial charge is 0.199 e. The number of hydrogen-bond acceptors (Lipinski definition) is 3. The number of nitrogens with one attached hydrogen (secondary N) is 1. The molecule has 186 valence electrons. The van der Waals surface area contributed by atoms with Crippen molar-refractivity contribution in [1.82, 2.24) is 15.1 Å². The third-order valence-electron chi connectivity index (χ3n) is 8.27. The molecule has 2 saturated heterocycles. The van der Waals surface area contributed by atoms with Crippen LogP contribution in [-0.2, 0) is 0 Å². The van der Waals surface area contributed by atoms with Crippen molar-refractivity contribution in [3.05, 3.63) is 47.0 Å². The highest BCUT2D eigenvalue weighted by atomic mass is 15.3. The Morgan fingerprint density at radius 3 is 2.50 bits per heavy atom. The molecule has 3 aliphatic rings. The van der Waals surface area contributed by atoms with E-state index in [1.165, 1.54) is 55.5 Å². The first-order valence-corrected chi connectivity index (χ1v) is 13.3. The Morgan fingerprint density at radius 2 is 1.88 bits per heavy atom. The Kier molecular flexibility index (Phi) is 7.81. The molecule has 5 nitrogen and oxygen atoms in total. The predicted molar refractivity (Wildman–Crippen MR) is 145 cm³/mol. The van der Waals surface area contributed by atoms with Crippen LogP contribution in [-0.4, -0.2) is 60.9 Å². The van der Waals surface area contributed by atoms with Crippen molar-refractivity contribution >= 4 is 11.8 Å². The fourth-order valence-electron chi connectivity index (χ4n) is 6.09. The lowest BCUT2D eigenvalue weighted by Gasteiger charge is -2.50. The largest absolute Gasteiger partial charge is 0.342 e. The van der Waals surface area contributed by atoms with Gasteiger partial charge in [-0.25, -0.2) is 0 Å². The molecular weight excluding hydrogens is 418 g/mol. The lowest BCUT2D eigenvalue weighted by atomic mass is 9.76. The third kappa shape index (κ3) is 5.56. The molecule has 0 bridgehead atoms. The minimum atomic E-state index is 0.0597. The Hall–Kier alpha value is -2.14. The molecule has 1 N–H and O–H groups in total. The van der Waals surface area contributed by atoms with Crippen LogP contribution in [0.1, 0.15) is 69.2 Å². The maximum absolute atomic E-state index is 5.02. The molecule has 1 aromatic rings. The summed E-state index contributed by atoms with van der Waals surface area (Å²) in [6, 6.07) is 7.51. The summed E-state index contributed by atoms with van der Waals surface area (Å²) in [4.78, 5) is 14.8. The summed E-state index contributed by atoms with van der Waals surface area (Å²) in [6.45, 7) is 19.9. The SMILES string of the molecule is C=C(C)C(=N[C@H](C)c1ccc(C)cc1C)NC(=NC)N1CC([C@H]2CCCN(C3CC(C)C3)C2)C1. The van der Waals surface area contributed by atoms with Crippen molar-refractivity contribution in [2.75, 3.05) is 33.2 Å². The molecule has 2 atom stereocenters. The molecule has 3 fully saturated rings. The van der Waals surface area contributed by atoms with E-state index in [2.05, 4.69) is 72.6 Å². The van der Waals surface area contributed by atoms with Gasteiger partial charge < -0.3 is 15.1 Å². The Balaban J connectivity index is 1.35. The second-order valence-corrected chi connectivity index (χ2v) is 11.3. The predicted octanol–water partition coefficient (Wildman–Crippen LogP) is 5.36. The molecule has 2 aliphatic heterocycles. The molecule has 2 heterocycles. The maximum atomic E-state index is 5.02. The lowest BCUT2D eigenvalue weighted by Crippen LogP contribution is -2.60. The van der Waals surface area contributed by atoms with Gasteiger partial charge in [-0.3, -0.25) is 9.98 Å². The van der Waals surface area contributed by atoms with Crippen molar-refractivity contribution < 1.29 is 0 Å². The van der Waals surface area contributed by atoms with E-state index in [4.69, 9.17) is 4.99 Å². The minimum Gasteiger partial charge on any atom is -0.342 e. The zero-order valence-electron chi connectivity index (χ0n) is 22.3. The van der Waals surface area contributed by atoms with Crippen LogP contribution in [0.5, 0.6) is 0 Å². The normalized spacial score (nSPS) is 27.7. The van der Waals surface area contributed by atoms with Gasteiger partial charge in [0, 0.05) is 32.7 Å². The quantitative estimate of drug-likeness (QED) is 0.472. The van der Waals surface area contributed by atoms with Crippen molar-refractivity contribution in [2.45, 2.75) is 72.4 Å². The average Bonchev–Trinajstić information content (AvgIpc) is 2.74. The van der Waals surface area contributed by atoms with Crippen molar-refractivity contribution in [3.8, 4) is 0 Å². The number of likely N-dealkylation sites (tertiary alicyclic amines) is 2. The zero-order chi connectivity index (χ0) is 24.4. The fraction of sp³-hybridized carbons (Fsp3) is 0.655. The monoisotopic (exact) mass is 463 g/mol. The highest BCUT2D eigenvalue weighted by Gasteiger charge is 2.40. The standard InChI is InChI=1S/C29H45N5/c1-19(2)28(31-23(6)27-11-10-20(3)13-22(27)5)32-29(30-7)34-17-25(18-34)24-9-8-12-33(16-24)26-14-21(4)15-26/h10-11,13,21,23-26H,1,8-9,12,14-18H2,2-7H3,(H,30,31,32)/t21?,23-,24+,26?/m1/s1. The molecule has 0 aromatic heterocycles. The van der Waals surface area contributed by atoms with Crippen LogP contribution >= 0.6 is 0 Å². The molecule has 0 radical (unpaired) electrons. The first kappa shape index (κ1) is 25.0. The second-order valence-electron chi connectivity index (χ2n) is 11.3. The number of aliphatic imine (C=N–C) groups is 2. The van der Waals surface area contributed by atoms with Crippen LogP contribution in [0.2, 0.25) is 0 Å². The second kappa shape index (κ2) is 10.6. The summed E-state index contributed by atoms with van der Waals surface area (Å²) in [5, 5.41) is 3.53. The maximum Gasteiger partial charge on any atom is 0.199 e. The Bertz CT molecular complexity index is 936. The zero-order valence-corrected chi connectivity index (χ0v) is 22.3.